The predicted molar refractivity (Wildman–Crippen MR) is 88.3 cm³/mol. The lowest BCUT2D eigenvalue weighted by Gasteiger charge is -2.38. The summed E-state index contributed by atoms with van der Waals surface area (Å²) in [5.74, 6) is 0.0898. The second-order valence-electron chi connectivity index (χ2n) is 5.11. The van der Waals surface area contributed by atoms with Gasteiger partial charge in [0.15, 0.2) is 0 Å². The fourth-order valence-corrected chi connectivity index (χ4v) is 3.21. The first-order chi connectivity index (χ1) is 10.2. The number of para-hydroxylation sites is 1. The Balaban J connectivity index is 2.07. The maximum Gasteiger partial charge on any atom is 0.257 e. The van der Waals surface area contributed by atoms with Gasteiger partial charge in [-0.3, -0.25) is 4.79 Å². The molecular weight excluding hydrogens is 328 g/mol. The largest absolute Gasteiger partial charge is 0.361 e. The fraction of sp³-hybridized carbons (Fsp3) is 0.235. The van der Waals surface area contributed by atoms with E-state index in [-0.39, 0.29) is 12.1 Å². The van der Waals surface area contributed by atoms with Crippen molar-refractivity contribution in [3.05, 3.63) is 64.1 Å². The summed E-state index contributed by atoms with van der Waals surface area (Å²) in [4.78, 5) is 14.7. The standard InChI is InChI=1S/C17H17BrN2O/c1-2-11-20-16(12-7-3-5-9-14(12)18)19-15-10-6-4-8-13(15)17(20)21/h3-10,16,19H,2,11H2,1H3/t16-/m0/s1. The maximum absolute atomic E-state index is 12.8. The molecule has 1 amide bonds. The molecule has 2 aromatic carbocycles. The van der Waals surface area contributed by atoms with Gasteiger partial charge < -0.3 is 10.2 Å². The van der Waals surface area contributed by atoms with E-state index >= 15 is 0 Å². The molecule has 108 valence electrons. The van der Waals surface area contributed by atoms with Crippen LogP contribution in [0.4, 0.5) is 5.69 Å². The van der Waals surface area contributed by atoms with Crippen LogP contribution >= 0.6 is 15.9 Å². The monoisotopic (exact) mass is 344 g/mol. The number of halogens is 1. The molecule has 0 unspecified atom stereocenters. The van der Waals surface area contributed by atoms with E-state index in [1.165, 1.54) is 0 Å². The first kappa shape index (κ1) is 14.1. The second-order valence-corrected chi connectivity index (χ2v) is 5.97. The van der Waals surface area contributed by atoms with Crippen LogP contribution in [-0.2, 0) is 0 Å². The van der Waals surface area contributed by atoms with E-state index in [2.05, 4.69) is 28.2 Å². The van der Waals surface area contributed by atoms with Crippen molar-refractivity contribution in [3.63, 3.8) is 0 Å². The van der Waals surface area contributed by atoms with Crippen LogP contribution in [0.3, 0.4) is 0 Å². The molecule has 21 heavy (non-hydrogen) atoms. The van der Waals surface area contributed by atoms with Crippen molar-refractivity contribution >= 4 is 27.5 Å². The topological polar surface area (TPSA) is 32.3 Å². The number of nitrogens with one attached hydrogen (secondary N) is 1. The molecule has 0 radical (unpaired) electrons. The van der Waals surface area contributed by atoms with Gasteiger partial charge in [0.05, 0.1) is 5.56 Å². The minimum atomic E-state index is -0.136. The van der Waals surface area contributed by atoms with Gasteiger partial charge in [-0.1, -0.05) is 53.2 Å². The van der Waals surface area contributed by atoms with Gasteiger partial charge in [0.1, 0.15) is 6.17 Å². The van der Waals surface area contributed by atoms with Crippen molar-refractivity contribution in [1.29, 1.82) is 0 Å². The van der Waals surface area contributed by atoms with E-state index in [0.29, 0.717) is 0 Å². The van der Waals surface area contributed by atoms with Crippen molar-refractivity contribution < 1.29 is 4.79 Å². The summed E-state index contributed by atoms with van der Waals surface area (Å²) in [7, 11) is 0. The van der Waals surface area contributed by atoms with Crippen molar-refractivity contribution in [2.24, 2.45) is 0 Å². The van der Waals surface area contributed by atoms with E-state index in [0.717, 1.165) is 34.3 Å². The van der Waals surface area contributed by atoms with Crippen LogP contribution < -0.4 is 5.32 Å². The van der Waals surface area contributed by atoms with Gasteiger partial charge in [-0.25, -0.2) is 0 Å². The van der Waals surface area contributed by atoms with Crippen LogP contribution in [0.15, 0.2) is 53.0 Å². The minimum Gasteiger partial charge on any atom is -0.361 e. The SMILES string of the molecule is CCCN1C(=O)c2ccccc2N[C@@H]1c1ccccc1Br. The first-order valence-electron chi connectivity index (χ1n) is 7.13. The van der Waals surface area contributed by atoms with Gasteiger partial charge in [-0.05, 0) is 24.6 Å². The van der Waals surface area contributed by atoms with Crippen LogP contribution in [0.2, 0.25) is 0 Å². The Bertz CT molecular complexity index is 671. The summed E-state index contributed by atoms with van der Waals surface area (Å²) in [6, 6.07) is 15.7. The summed E-state index contributed by atoms with van der Waals surface area (Å²) in [6.07, 6.45) is 0.791. The molecule has 4 heteroatoms. The molecule has 2 aromatic rings. The number of fused-ring (bicyclic) bond motifs is 1. The highest BCUT2D eigenvalue weighted by molar-refractivity contribution is 9.10. The molecule has 0 aromatic heterocycles. The van der Waals surface area contributed by atoms with Gasteiger partial charge in [0.2, 0.25) is 0 Å². The summed E-state index contributed by atoms with van der Waals surface area (Å²) in [5.41, 5.74) is 2.72. The number of carbonyl (C=O) groups is 1. The van der Waals surface area contributed by atoms with Crippen molar-refractivity contribution in [3.8, 4) is 0 Å². The summed E-state index contributed by atoms with van der Waals surface area (Å²) in [5, 5.41) is 3.49. The Hall–Kier alpha value is -1.81. The zero-order valence-corrected chi connectivity index (χ0v) is 13.4. The molecule has 3 nitrogen and oxygen atoms in total. The highest BCUT2D eigenvalue weighted by Crippen LogP contribution is 2.35. The van der Waals surface area contributed by atoms with Gasteiger partial charge in [0, 0.05) is 22.3 Å². The molecule has 0 fully saturated rings. The lowest BCUT2D eigenvalue weighted by atomic mass is 10.0. The molecule has 1 aliphatic rings. The summed E-state index contributed by atoms with van der Waals surface area (Å²) in [6.45, 7) is 2.82. The maximum atomic E-state index is 12.8. The zero-order valence-electron chi connectivity index (χ0n) is 11.8. The van der Waals surface area contributed by atoms with Gasteiger partial charge >= 0.3 is 0 Å². The molecule has 0 bridgehead atoms. The average Bonchev–Trinajstić information content (AvgIpc) is 2.51. The number of hydrogen-bond donors (Lipinski definition) is 1. The molecular formula is C17H17BrN2O. The van der Waals surface area contributed by atoms with Crippen LogP contribution in [0.5, 0.6) is 0 Å². The van der Waals surface area contributed by atoms with E-state index < -0.39 is 0 Å². The zero-order chi connectivity index (χ0) is 14.8. The Morgan fingerprint density at radius 3 is 2.62 bits per heavy atom. The van der Waals surface area contributed by atoms with Crippen molar-refractivity contribution in [2.45, 2.75) is 19.5 Å². The Kier molecular flexibility index (Phi) is 3.97. The number of benzene rings is 2. The number of hydrogen-bond acceptors (Lipinski definition) is 2. The van der Waals surface area contributed by atoms with Crippen LogP contribution in [0.25, 0.3) is 0 Å². The summed E-state index contributed by atoms with van der Waals surface area (Å²) < 4.78 is 1.01. The van der Waals surface area contributed by atoms with E-state index in [9.17, 15) is 4.79 Å². The smallest absolute Gasteiger partial charge is 0.257 e. The normalized spacial score (nSPS) is 17.3. The molecule has 1 atom stereocenters. The number of nitrogens with zero attached hydrogens (tertiary/aromatic N) is 1. The molecule has 1 aliphatic heterocycles. The summed E-state index contributed by atoms with van der Waals surface area (Å²) >= 11 is 3.59. The quantitative estimate of drug-likeness (QED) is 0.893. The third kappa shape index (κ3) is 2.56. The number of amides is 1. The van der Waals surface area contributed by atoms with Crippen LogP contribution in [-0.4, -0.2) is 17.4 Å². The number of carbonyl (C=O) groups excluding carboxylic acids is 1. The number of anilines is 1. The van der Waals surface area contributed by atoms with E-state index in [4.69, 9.17) is 0 Å². The second kappa shape index (κ2) is 5.90. The molecule has 0 saturated carbocycles. The highest BCUT2D eigenvalue weighted by Gasteiger charge is 2.32. The lowest BCUT2D eigenvalue weighted by Crippen LogP contribution is -2.43. The van der Waals surface area contributed by atoms with E-state index in [1.807, 2.05) is 53.4 Å². The highest BCUT2D eigenvalue weighted by atomic mass is 79.9. The van der Waals surface area contributed by atoms with Gasteiger partial charge in [-0.15, -0.1) is 0 Å². The van der Waals surface area contributed by atoms with Crippen molar-refractivity contribution in [2.75, 3.05) is 11.9 Å². The fourth-order valence-electron chi connectivity index (χ4n) is 2.71. The third-order valence-corrected chi connectivity index (χ3v) is 4.41. The molecule has 3 rings (SSSR count). The minimum absolute atomic E-state index is 0.0898. The molecule has 0 aliphatic carbocycles. The Labute approximate surface area is 133 Å². The lowest BCUT2D eigenvalue weighted by molar-refractivity contribution is 0.0682. The first-order valence-corrected chi connectivity index (χ1v) is 7.92. The number of rotatable bonds is 3. The molecule has 0 spiro atoms. The average molecular weight is 345 g/mol. The van der Waals surface area contributed by atoms with Gasteiger partial charge in [0.25, 0.3) is 5.91 Å². The molecule has 1 N–H and O–H groups in total. The predicted octanol–water partition coefficient (Wildman–Crippen LogP) is 4.43. The Morgan fingerprint density at radius 1 is 1.14 bits per heavy atom. The van der Waals surface area contributed by atoms with Gasteiger partial charge in [-0.2, -0.15) is 0 Å². The van der Waals surface area contributed by atoms with E-state index in [1.54, 1.807) is 0 Å². The Morgan fingerprint density at radius 2 is 1.86 bits per heavy atom. The van der Waals surface area contributed by atoms with Crippen LogP contribution in [0.1, 0.15) is 35.4 Å². The van der Waals surface area contributed by atoms with Crippen LogP contribution in [0, 0.1) is 0 Å². The third-order valence-electron chi connectivity index (χ3n) is 3.69. The molecule has 1 heterocycles. The molecule has 0 saturated heterocycles. The van der Waals surface area contributed by atoms with Crippen molar-refractivity contribution in [1.82, 2.24) is 4.90 Å².